The molecule has 666 valence electrons. The van der Waals surface area contributed by atoms with Crippen LogP contribution in [0.4, 0.5) is 0 Å². The highest BCUT2D eigenvalue weighted by Gasteiger charge is 2.63. The summed E-state index contributed by atoms with van der Waals surface area (Å²) in [5.74, 6) is -1.88. The van der Waals surface area contributed by atoms with Gasteiger partial charge in [-0.3, -0.25) is 4.79 Å². The number of nitrogens with zero attached hydrogens (tertiary/aromatic N) is 3. The lowest BCUT2D eigenvalue weighted by Gasteiger charge is -2.51. The third-order valence-electron chi connectivity index (χ3n) is 22.9. The standard InChI is InChI=1S/C104H109N3O21/c1-71(108)121-98-91(115-65-78-49-27-10-28-50-78)95(116-66-79-51-29-11-30-52-79)100(118-68-81-55-33-13-34-56-81)126-102(98)120-70-83-85(109-59-72-37-15-4-16-38-72)87(111-61-74-41-19-6-20-42-74)96(117-67-80-53-31-12-32-54-80)103(122-83)124-97-86(110-60-73-39-17-5-18-40-73)84(106-107-105)99(125-101(97)119-69-82-57-35-14-36-58-82)123-92-89(113-63-76-45-23-8-24-46-76)88(112-62-75-43-21-7-22-44-75)90(93-94(92)128-104(2,3)127-93)114-64-77-47-25-9-26-48-77/h4-58,83-103H,59-70H2,1-3H3/t83-,84-,85-,86-,87+,88+,89+,90-,91+,92-,93-,94+,95+,96+,97+,98+,99+,100+,101+,102+,103-/m1/s1. The zero-order chi connectivity index (χ0) is 87.5. The summed E-state index contributed by atoms with van der Waals surface area (Å²) in [4.78, 5) is 17.6. The number of hydrogen-bond acceptors (Lipinski definition) is 22. The molecule has 4 heterocycles. The zero-order valence-corrected chi connectivity index (χ0v) is 71.8. The molecule has 0 N–H and O–H groups in total. The Bertz CT molecular complexity index is 5120. The van der Waals surface area contributed by atoms with Gasteiger partial charge in [0.25, 0.3) is 0 Å². The van der Waals surface area contributed by atoms with Crippen LogP contribution in [0.1, 0.15) is 82.0 Å². The molecule has 24 heteroatoms. The van der Waals surface area contributed by atoms with Crippen molar-refractivity contribution in [2.45, 2.75) is 228 Å². The number of esters is 1. The molecule has 4 aliphatic heterocycles. The predicted molar refractivity (Wildman–Crippen MR) is 472 cm³/mol. The van der Waals surface area contributed by atoms with Crippen LogP contribution < -0.4 is 0 Å². The van der Waals surface area contributed by atoms with Gasteiger partial charge in [0.15, 0.2) is 37.1 Å². The second-order valence-electron chi connectivity index (χ2n) is 32.6. The topological polar surface area (TPSA) is 250 Å². The van der Waals surface area contributed by atoms with Gasteiger partial charge >= 0.3 is 5.97 Å². The highest BCUT2D eigenvalue weighted by Crippen LogP contribution is 2.46. The van der Waals surface area contributed by atoms with E-state index in [4.69, 9.17) is 94.7 Å². The molecule has 1 aliphatic carbocycles. The molecule has 1 saturated carbocycles. The van der Waals surface area contributed by atoms with E-state index >= 15 is 0 Å². The van der Waals surface area contributed by atoms with Gasteiger partial charge in [-0.15, -0.1) is 0 Å². The molecule has 11 aromatic carbocycles. The van der Waals surface area contributed by atoms with Gasteiger partial charge in [-0.25, -0.2) is 0 Å². The van der Waals surface area contributed by atoms with Crippen molar-refractivity contribution in [3.05, 3.63) is 405 Å². The molecule has 16 rings (SSSR count). The number of azide groups is 1. The van der Waals surface area contributed by atoms with E-state index in [-0.39, 0.29) is 72.7 Å². The van der Waals surface area contributed by atoms with Crippen LogP contribution >= 0.6 is 0 Å². The van der Waals surface area contributed by atoms with E-state index in [0.717, 1.165) is 61.2 Å². The van der Waals surface area contributed by atoms with E-state index in [1.54, 1.807) is 0 Å². The summed E-state index contributed by atoms with van der Waals surface area (Å²) in [6, 6.07) is 106. The summed E-state index contributed by atoms with van der Waals surface area (Å²) in [5.41, 5.74) is 20.5. The molecule has 11 aromatic rings. The fourth-order valence-electron chi connectivity index (χ4n) is 16.7. The average Bonchev–Trinajstić information content (AvgIpc) is 1.52. The van der Waals surface area contributed by atoms with Gasteiger partial charge < -0.3 is 94.7 Å². The maximum atomic E-state index is 14.0. The van der Waals surface area contributed by atoms with Crippen LogP contribution in [0.2, 0.25) is 0 Å². The fourth-order valence-corrected chi connectivity index (χ4v) is 16.7. The van der Waals surface area contributed by atoms with Gasteiger partial charge in [-0.2, -0.15) is 0 Å². The summed E-state index contributed by atoms with van der Waals surface area (Å²) in [7, 11) is 0. The first kappa shape index (κ1) is 90.8. The van der Waals surface area contributed by atoms with Gasteiger partial charge in [0.05, 0.1) is 79.3 Å². The lowest BCUT2D eigenvalue weighted by molar-refractivity contribution is -0.400. The molecule has 128 heavy (non-hydrogen) atoms. The monoisotopic (exact) mass is 1740 g/mol. The Balaban J connectivity index is 0.814. The Morgan fingerprint density at radius 1 is 0.281 bits per heavy atom. The van der Waals surface area contributed by atoms with Crippen molar-refractivity contribution < 1.29 is 99.5 Å². The SMILES string of the molecule is CC(=O)O[C@@H]1[C@@H](OC[C@H]2O[C@H](O[C@@H]3[C@@H](OCc4ccccc4)O[C@H](O[C@@H]4[C@@H](OCc5ccccc5)[C@H](OCc5ccccc5)[C@@H](OCc5ccccc5)[C@H]5OC(C)(C)O[C@@H]45)[C@H](N=[N+]=[N-])[C@H]3OCc3ccccc3)[C@@H](OCc3ccccc3)[C@@H](OCc3ccccc3)[C@@H]2OCc2ccccc2)O[C@H](OCc2ccccc2)[C@@H](OCc2ccccc2)[C@@H]1OCc1ccccc1. The van der Waals surface area contributed by atoms with E-state index in [1.165, 1.54) is 6.92 Å². The normalized spacial score (nSPS) is 27.2. The lowest BCUT2D eigenvalue weighted by atomic mass is 9.84. The van der Waals surface area contributed by atoms with Crippen molar-refractivity contribution in [3.63, 3.8) is 0 Å². The van der Waals surface area contributed by atoms with E-state index in [9.17, 15) is 10.3 Å². The first-order valence-electron chi connectivity index (χ1n) is 43.6. The van der Waals surface area contributed by atoms with Crippen LogP contribution in [-0.2, 0) is 172 Å². The molecule has 0 radical (unpaired) electrons. The van der Waals surface area contributed by atoms with Gasteiger partial charge in [0.1, 0.15) is 91.5 Å². The Morgan fingerprint density at radius 3 is 0.875 bits per heavy atom. The molecular formula is C104H109N3O21. The van der Waals surface area contributed by atoms with E-state index in [1.807, 2.05) is 347 Å². The van der Waals surface area contributed by atoms with Gasteiger partial charge in [-0.1, -0.05) is 339 Å². The minimum Gasteiger partial charge on any atom is -0.454 e. The highest BCUT2D eigenvalue weighted by atomic mass is 16.8. The molecule has 0 spiro atoms. The van der Waals surface area contributed by atoms with Crippen molar-refractivity contribution in [2.24, 2.45) is 5.11 Å². The fraction of sp³-hybridized carbons (Fsp3) is 0.356. The number of carbonyl (C=O) groups excluding carboxylic acids is 1. The Morgan fingerprint density at radius 2 is 0.531 bits per heavy atom. The van der Waals surface area contributed by atoms with Crippen molar-refractivity contribution in [1.82, 2.24) is 0 Å². The lowest BCUT2D eigenvalue weighted by Crippen LogP contribution is -2.68. The number of fused-ring (bicyclic) bond motifs is 1. The quantitative estimate of drug-likeness (QED) is 0.0149. The summed E-state index contributed by atoms with van der Waals surface area (Å²) >= 11 is 0. The largest absolute Gasteiger partial charge is 0.454 e. The third-order valence-corrected chi connectivity index (χ3v) is 22.9. The summed E-state index contributed by atoms with van der Waals surface area (Å²) < 4.78 is 145. The number of carbonyl (C=O) groups is 1. The van der Waals surface area contributed by atoms with Crippen molar-refractivity contribution >= 4 is 5.97 Å². The van der Waals surface area contributed by atoms with E-state index < -0.39 is 147 Å². The van der Waals surface area contributed by atoms with Crippen molar-refractivity contribution in [1.29, 1.82) is 0 Å². The maximum absolute atomic E-state index is 14.0. The minimum absolute atomic E-state index is 0.00286. The summed E-state index contributed by atoms with van der Waals surface area (Å²) in [6.07, 6.45) is -24.2. The van der Waals surface area contributed by atoms with Crippen LogP contribution in [0.3, 0.4) is 0 Å². The molecule has 4 saturated heterocycles. The first-order chi connectivity index (χ1) is 63.0. The van der Waals surface area contributed by atoms with Gasteiger partial charge in [0, 0.05) is 11.8 Å². The Kier molecular flexibility index (Phi) is 32.7. The molecule has 5 aliphatic rings. The number of benzene rings is 11. The number of hydrogen-bond donors (Lipinski definition) is 0. The molecule has 0 aromatic heterocycles. The van der Waals surface area contributed by atoms with Gasteiger partial charge in [0.2, 0.25) is 6.29 Å². The van der Waals surface area contributed by atoms with Crippen molar-refractivity contribution in [3.8, 4) is 0 Å². The Labute approximate surface area is 746 Å². The second kappa shape index (κ2) is 46.1. The van der Waals surface area contributed by atoms with Crippen LogP contribution in [-0.4, -0.2) is 147 Å². The van der Waals surface area contributed by atoms with Gasteiger partial charge in [-0.05, 0) is 80.6 Å². The zero-order valence-electron chi connectivity index (χ0n) is 71.8. The van der Waals surface area contributed by atoms with Crippen LogP contribution in [0.25, 0.3) is 10.4 Å². The molecule has 0 unspecified atom stereocenters. The van der Waals surface area contributed by atoms with Crippen LogP contribution in [0, 0.1) is 0 Å². The molecule has 21 atom stereocenters. The first-order valence-corrected chi connectivity index (χ1v) is 43.6. The predicted octanol–water partition coefficient (Wildman–Crippen LogP) is 17.7. The van der Waals surface area contributed by atoms with Crippen molar-refractivity contribution in [2.75, 3.05) is 6.61 Å². The average molecular weight is 1740 g/mol. The number of rotatable bonds is 42. The van der Waals surface area contributed by atoms with Crippen LogP contribution in [0.15, 0.2) is 339 Å². The molecule has 0 amide bonds. The molecule has 0 bridgehead atoms. The summed E-state index contributed by atoms with van der Waals surface area (Å²) in [5, 5.41) is 4.68. The molecule has 24 nitrogen and oxygen atoms in total. The minimum atomic E-state index is -1.58. The van der Waals surface area contributed by atoms with E-state index in [2.05, 4.69) is 10.0 Å². The van der Waals surface area contributed by atoms with Crippen LogP contribution in [0.5, 0.6) is 0 Å². The Hall–Kier alpha value is -10.6. The second-order valence-corrected chi connectivity index (χ2v) is 32.6. The summed E-state index contributed by atoms with van der Waals surface area (Å²) in [6.45, 7) is 5.20. The molecule has 5 fully saturated rings. The maximum Gasteiger partial charge on any atom is 0.303 e. The number of ether oxygens (including phenoxy) is 20. The van der Waals surface area contributed by atoms with E-state index in [0.29, 0.717) is 0 Å². The third kappa shape index (κ3) is 24.9. The molecular weight excluding hydrogens is 1630 g/mol. The highest BCUT2D eigenvalue weighted by molar-refractivity contribution is 5.66. The smallest absolute Gasteiger partial charge is 0.303 e.